The van der Waals surface area contributed by atoms with Crippen LogP contribution in [0.1, 0.15) is 27.6 Å². The highest BCUT2D eigenvalue weighted by Gasteiger charge is 2.27. The molecule has 8 heteroatoms. The van der Waals surface area contributed by atoms with Crippen molar-refractivity contribution in [2.75, 3.05) is 46.2 Å². The van der Waals surface area contributed by atoms with Crippen molar-refractivity contribution in [2.45, 2.75) is 19.0 Å². The van der Waals surface area contributed by atoms with Crippen LogP contribution in [0.5, 0.6) is 0 Å². The number of nitrogens with zero attached hydrogens (tertiary/aromatic N) is 4. The maximum absolute atomic E-state index is 12.7. The number of hydrogen-bond donors (Lipinski definition) is 1. The Hall–Kier alpha value is -3.25. The van der Waals surface area contributed by atoms with E-state index in [-0.39, 0.29) is 11.9 Å². The first-order chi connectivity index (χ1) is 16.5. The number of anilines is 1. The Labute approximate surface area is 204 Å². The van der Waals surface area contributed by atoms with E-state index in [1.807, 2.05) is 48.2 Å². The highest BCUT2D eigenvalue weighted by Crippen LogP contribution is 2.40. The molecule has 1 aliphatic rings. The van der Waals surface area contributed by atoms with Crippen LogP contribution in [-0.2, 0) is 22.5 Å². The monoisotopic (exact) mass is 475 g/mol. The van der Waals surface area contributed by atoms with E-state index in [2.05, 4.69) is 28.5 Å². The first-order valence-corrected chi connectivity index (χ1v) is 12.1. The lowest BCUT2D eigenvalue weighted by molar-refractivity contribution is -0.126. The molecular weight excluding hydrogens is 446 g/mol. The van der Waals surface area contributed by atoms with Gasteiger partial charge in [-0.2, -0.15) is 5.26 Å². The molecular formula is C26H29N5O2S. The molecule has 0 unspecified atom stereocenters. The molecule has 3 aromatic rings. The maximum Gasteiger partial charge on any atom is 0.246 e. The Balaban J connectivity index is 1.67. The summed E-state index contributed by atoms with van der Waals surface area (Å²) in [6.45, 7) is 2.39. The van der Waals surface area contributed by atoms with E-state index in [9.17, 15) is 10.1 Å². The maximum atomic E-state index is 12.7. The molecule has 1 aromatic carbocycles. The zero-order valence-electron chi connectivity index (χ0n) is 19.7. The molecule has 34 heavy (non-hydrogen) atoms. The number of rotatable bonds is 8. The highest BCUT2D eigenvalue weighted by atomic mass is 32.1. The van der Waals surface area contributed by atoms with Gasteiger partial charge in [0.2, 0.25) is 5.91 Å². The molecule has 0 bridgehead atoms. The van der Waals surface area contributed by atoms with Crippen LogP contribution in [0.2, 0.25) is 0 Å². The van der Waals surface area contributed by atoms with Crippen molar-refractivity contribution in [3.05, 3.63) is 70.2 Å². The number of carbonyl (C=O) groups excluding carboxylic acids is 1. The fourth-order valence-corrected chi connectivity index (χ4v) is 5.41. The third-order valence-corrected chi connectivity index (χ3v) is 7.01. The van der Waals surface area contributed by atoms with Gasteiger partial charge in [0.15, 0.2) is 0 Å². The first kappa shape index (κ1) is 23.9. The SMILES string of the molecule is COC[C@@H](Nc1c(C#N)cnc2sc3c(c12)CCN(C(=O)C=CCN(C)C)C3)c1ccccc1. The lowest BCUT2D eigenvalue weighted by Gasteiger charge is -2.26. The molecule has 0 saturated heterocycles. The third-order valence-electron chi connectivity index (χ3n) is 5.89. The quantitative estimate of drug-likeness (QED) is 0.497. The van der Waals surface area contributed by atoms with E-state index < -0.39 is 0 Å². The zero-order valence-corrected chi connectivity index (χ0v) is 20.6. The van der Waals surface area contributed by atoms with Crippen LogP contribution in [0, 0.1) is 11.3 Å². The number of carbonyl (C=O) groups is 1. The molecule has 7 nitrogen and oxygen atoms in total. The van der Waals surface area contributed by atoms with E-state index in [1.54, 1.807) is 30.7 Å². The van der Waals surface area contributed by atoms with Crippen LogP contribution in [-0.4, -0.2) is 61.6 Å². The Morgan fingerprint density at radius 2 is 2.18 bits per heavy atom. The molecule has 0 spiro atoms. The van der Waals surface area contributed by atoms with Crippen molar-refractivity contribution in [1.29, 1.82) is 5.26 Å². The molecule has 0 saturated carbocycles. The van der Waals surface area contributed by atoms with Crippen LogP contribution in [0.4, 0.5) is 5.69 Å². The fourth-order valence-electron chi connectivity index (χ4n) is 4.20. The highest BCUT2D eigenvalue weighted by molar-refractivity contribution is 7.19. The zero-order chi connectivity index (χ0) is 24.1. The lowest BCUT2D eigenvalue weighted by Crippen LogP contribution is -2.34. The molecule has 4 rings (SSSR count). The second-order valence-corrected chi connectivity index (χ2v) is 9.66. The van der Waals surface area contributed by atoms with Gasteiger partial charge in [-0.05, 0) is 31.6 Å². The van der Waals surface area contributed by atoms with Gasteiger partial charge in [-0.1, -0.05) is 36.4 Å². The molecule has 0 radical (unpaired) electrons. The molecule has 0 aliphatic carbocycles. The number of benzene rings is 1. The van der Waals surface area contributed by atoms with Crippen LogP contribution in [0.15, 0.2) is 48.7 Å². The van der Waals surface area contributed by atoms with Gasteiger partial charge in [0, 0.05) is 42.7 Å². The summed E-state index contributed by atoms with van der Waals surface area (Å²) in [5.74, 6) is 0.0261. The Bertz CT molecular complexity index is 1230. The van der Waals surface area contributed by atoms with Gasteiger partial charge in [-0.25, -0.2) is 4.98 Å². The van der Waals surface area contributed by atoms with E-state index in [0.29, 0.717) is 25.3 Å². The molecule has 0 fully saturated rings. The van der Waals surface area contributed by atoms with E-state index in [4.69, 9.17) is 4.74 Å². The van der Waals surface area contributed by atoms with Gasteiger partial charge in [-0.15, -0.1) is 11.3 Å². The van der Waals surface area contributed by atoms with Gasteiger partial charge in [0.1, 0.15) is 10.9 Å². The van der Waals surface area contributed by atoms with Gasteiger partial charge in [-0.3, -0.25) is 4.79 Å². The minimum atomic E-state index is -0.108. The summed E-state index contributed by atoms with van der Waals surface area (Å²) in [5, 5.41) is 14.4. The molecule has 1 aliphatic heterocycles. The van der Waals surface area contributed by atoms with Crippen LogP contribution < -0.4 is 5.32 Å². The van der Waals surface area contributed by atoms with Crippen LogP contribution in [0.3, 0.4) is 0 Å². The standard InChI is InChI=1S/C26H29N5O2S/c1-30(2)12-7-10-23(32)31-13-11-20-22(16-31)34-26-24(20)25(19(14-27)15-28-26)29-21(17-33-3)18-8-5-4-6-9-18/h4-10,15,21H,11-13,16-17H2,1-3H3,(H,28,29)/t21-/m1/s1. The van der Waals surface area contributed by atoms with Crippen molar-refractivity contribution >= 4 is 33.1 Å². The lowest BCUT2D eigenvalue weighted by atomic mass is 10.0. The van der Waals surface area contributed by atoms with Gasteiger partial charge >= 0.3 is 0 Å². The summed E-state index contributed by atoms with van der Waals surface area (Å²) in [7, 11) is 5.63. The summed E-state index contributed by atoms with van der Waals surface area (Å²) in [4.78, 5) is 23.2. The average molecular weight is 476 g/mol. The van der Waals surface area contributed by atoms with E-state index >= 15 is 0 Å². The number of thiophene rings is 1. The van der Waals surface area contributed by atoms with E-state index in [1.165, 1.54) is 5.56 Å². The number of likely N-dealkylation sites (N-methyl/N-ethyl adjacent to an activating group) is 1. The van der Waals surface area contributed by atoms with Crippen molar-refractivity contribution in [2.24, 2.45) is 0 Å². The van der Waals surface area contributed by atoms with Gasteiger partial charge in [0.25, 0.3) is 0 Å². The Morgan fingerprint density at radius 3 is 2.88 bits per heavy atom. The minimum absolute atomic E-state index is 0.0261. The number of nitrogens with one attached hydrogen (secondary N) is 1. The van der Waals surface area contributed by atoms with E-state index in [0.717, 1.165) is 39.3 Å². The number of amides is 1. The summed E-state index contributed by atoms with van der Waals surface area (Å²) in [6.07, 6.45) is 5.92. The fraction of sp³-hybridized carbons (Fsp3) is 0.346. The van der Waals surface area contributed by atoms with Crippen molar-refractivity contribution in [3.8, 4) is 6.07 Å². The number of hydrogen-bond acceptors (Lipinski definition) is 7. The topological polar surface area (TPSA) is 81.5 Å². The molecule has 1 N–H and O–H groups in total. The molecule has 176 valence electrons. The predicted molar refractivity (Wildman–Crippen MR) is 136 cm³/mol. The predicted octanol–water partition coefficient (Wildman–Crippen LogP) is 3.97. The number of pyridine rings is 1. The third kappa shape index (κ3) is 5.12. The van der Waals surface area contributed by atoms with Gasteiger partial charge in [0.05, 0.1) is 30.4 Å². The first-order valence-electron chi connectivity index (χ1n) is 11.3. The number of methoxy groups -OCH3 is 1. The van der Waals surface area contributed by atoms with Crippen LogP contribution >= 0.6 is 11.3 Å². The molecule has 1 amide bonds. The number of aromatic nitrogens is 1. The van der Waals surface area contributed by atoms with Crippen molar-refractivity contribution < 1.29 is 9.53 Å². The minimum Gasteiger partial charge on any atom is -0.382 e. The molecule has 1 atom stereocenters. The second kappa shape index (κ2) is 10.8. The van der Waals surface area contributed by atoms with Gasteiger partial charge < -0.3 is 19.9 Å². The summed E-state index contributed by atoms with van der Waals surface area (Å²) >= 11 is 1.60. The molecule has 3 heterocycles. The average Bonchev–Trinajstić information content (AvgIpc) is 3.22. The number of nitriles is 1. The smallest absolute Gasteiger partial charge is 0.246 e. The number of fused-ring (bicyclic) bond motifs is 3. The Kier molecular flexibility index (Phi) is 7.58. The summed E-state index contributed by atoms with van der Waals surface area (Å²) < 4.78 is 5.49. The second-order valence-electron chi connectivity index (χ2n) is 8.58. The largest absolute Gasteiger partial charge is 0.382 e. The van der Waals surface area contributed by atoms with Crippen molar-refractivity contribution in [3.63, 3.8) is 0 Å². The summed E-state index contributed by atoms with van der Waals surface area (Å²) in [5.41, 5.74) is 3.57. The number of ether oxygens (including phenoxy) is 1. The Morgan fingerprint density at radius 1 is 1.38 bits per heavy atom. The summed E-state index contributed by atoms with van der Waals surface area (Å²) in [6, 6.07) is 12.3. The van der Waals surface area contributed by atoms with Crippen molar-refractivity contribution in [1.82, 2.24) is 14.8 Å². The molecule has 2 aromatic heterocycles. The van der Waals surface area contributed by atoms with Crippen LogP contribution in [0.25, 0.3) is 10.2 Å². The normalized spacial score (nSPS) is 14.4.